The van der Waals surface area contributed by atoms with Gasteiger partial charge >= 0.3 is 5.97 Å². The predicted octanol–water partition coefficient (Wildman–Crippen LogP) is 2.58. The first kappa shape index (κ1) is 15.4. The molecule has 0 fully saturated rings. The monoisotopic (exact) mass is 322 g/mol. The van der Waals surface area contributed by atoms with Crippen LogP contribution in [-0.2, 0) is 11.2 Å². The van der Waals surface area contributed by atoms with Crippen LogP contribution in [0.25, 0.3) is 6.08 Å². The second kappa shape index (κ2) is 7.14. The first-order valence-corrected chi connectivity index (χ1v) is 7.99. The molecule has 0 aromatic carbocycles. The van der Waals surface area contributed by atoms with Gasteiger partial charge in [-0.2, -0.15) is 0 Å². The van der Waals surface area contributed by atoms with Crippen LogP contribution in [-0.4, -0.2) is 28.5 Å². The molecule has 0 atom stereocenters. The third kappa shape index (κ3) is 4.80. The third-order valence-corrected chi connectivity index (χ3v) is 4.49. The van der Waals surface area contributed by atoms with E-state index in [2.05, 4.69) is 10.3 Å². The van der Waals surface area contributed by atoms with Crippen LogP contribution in [0.3, 0.4) is 0 Å². The molecule has 0 bridgehead atoms. The fraction of sp³-hybridized carbons (Fsp3) is 0.214. The molecule has 1 amide bonds. The zero-order valence-corrected chi connectivity index (χ0v) is 13.0. The molecule has 0 radical (unpaired) electrons. The molecule has 0 saturated heterocycles. The predicted molar refractivity (Wildman–Crippen MR) is 83.9 cm³/mol. The first-order valence-electron chi connectivity index (χ1n) is 6.23. The summed E-state index contributed by atoms with van der Waals surface area (Å²) in [5.41, 5.74) is 1.54. The molecule has 2 aromatic heterocycles. The molecule has 0 saturated carbocycles. The summed E-state index contributed by atoms with van der Waals surface area (Å²) in [5, 5.41) is 16.1. The Balaban J connectivity index is 1.84. The van der Waals surface area contributed by atoms with E-state index < -0.39 is 5.97 Å². The van der Waals surface area contributed by atoms with Gasteiger partial charge in [0.2, 0.25) is 0 Å². The van der Waals surface area contributed by atoms with Gasteiger partial charge in [0, 0.05) is 40.4 Å². The van der Waals surface area contributed by atoms with Crippen LogP contribution in [0.5, 0.6) is 0 Å². The van der Waals surface area contributed by atoms with Crippen LogP contribution < -0.4 is 5.32 Å². The highest BCUT2D eigenvalue weighted by Gasteiger charge is 2.08. The van der Waals surface area contributed by atoms with Gasteiger partial charge in [0.1, 0.15) is 0 Å². The fourth-order valence-corrected chi connectivity index (χ4v) is 3.17. The third-order valence-electron chi connectivity index (χ3n) is 2.56. The van der Waals surface area contributed by atoms with E-state index in [1.54, 1.807) is 22.8 Å². The highest BCUT2D eigenvalue weighted by molar-refractivity contribution is 7.11. The number of aliphatic carboxylic acids is 1. The molecule has 0 unspecified atom stereocenters. The minimum Gasteiger partial charge on any atom is -0.478 e. The van der Waals surface area contributed by atoms with Gasteiger partial charge in [0.15, 0.2) is 0 Å². The van der Waals surface area contributed by atoms with E-state index in [1.165, 1.54) is 17.4 Å². The van der Waals surface area contributed by atoms with E-state index in [1.807, 2.05) is 12.3 Å². The van der Waals surface area contributed by atoms with E-state index in [4.69, 9.17) is 5.11 Å². The lowest BCUT2D eigenvalue weighted by atomic mass is 10.2. The van der Waals surface area contributed by atoms with Crippen molar-refractivity contribution in [2.45, 2.75) is 13.3 Å². The maximum atomic E-state index is 11.9. The summed E-state index contributed by atoms with van der Waals surface area (Å²) in [6, 6.07) is 1.67. The van der Waals surface area contributed by atoms with Crippen molar-refractivity contribution in [2.24, 2.45) is 0 Å². The van der Waals surface area contributed by atoms with Gasteiger partial charge < -0.3 is 10.4 Å². The Bertz CT molecular complexity index is 673. The number of nitrogens with zero attached hydrogens (tertiary/aromatic N) is 1. The highest BCUT2D eigenvalue weighted by atomic mass is 32.1. The zero-order valence-electron chi connectivity index (χ0n) is 11.3. The second-order valence-corrected chi connectivity index (χ2v) is 6.18. The number of carbonyl (C=O) groups excluding carboxylic acids is 1. The first-order chi connectivity index (χ1) is 10.0. The molecule has 0 aliphatic carbocycles. The van der Waals surface area contributed by atoms with Crippen molar-refractivity contribution in [3.8, 4) is 0 Å². The molecular weight excluding hydrogens is 308 g/mol. The highest BCUT2D eigenvalue weighted by Crippen LogP contribution is 2.16. The lowest BCUT2D eigenvalue weighted by Gasteiger charge is -2.01. The van der Waals surface area contributed by atoms with Crippen LogP contribution in [0.1, 0.15) is 25.9 Å². The van der Waals surface area contributed by atoms with Crippen molar-refractivity contribution in [1.29, 1.82) is 0 Å². The number of carbonyl (C=O) groups is 2. The lowest BCUT2D eigenvalue weighted by molar-refractivity contribution is -0.131. The second-order valence-electron chi connectivity index (χ2n) is 4.30. The van der Waals surface area contributed by atoms with E-state index in [-0.39, 0.29) is 5.91 Å². The fourth-order valence-electron chi connectivity index (χ4n) is 1.62. The molecule has 110 valence electrons. The van der Waals surface area contributed by atoms with Crippen molar-refractivity contribution >= 4 is 40.6 Å². The number of amides is 1. The summed E-state index contributed by atoms with van der Waals surface area (Å²) in [6.07, 6.45) is 3.24. The Kier molecular flexibility index (Phi) is 5.24. The average Bonchev–Trinajstić information content (AvgIpc) is 3.05. The molecule has 2 aromatic rings. The van der Waals surface area contributed by atoms with E-state index in [9.17, 15) is 9.59 Å². The largest absolute Gasteiger partial charge is 0.478 e. The summed E-state index contributed by atoms with van der Waals surface area (Å²) >= 11 is 2.92. The Hall–Kier alpha value is -1.99. The number of thiazole rings is 1. The van der Waals surface area contributed by atoms with Crippen molar-refractivity contribution in [1.82, 2.24) is 10.3 Å². The van der Waals surface area contributed by atoms with Crippen LogP contribution in [0, 0.1) is 6.92 Å². The number of hydrogen-bond donors (Lipinski definition) is 2. The Labute approximate surface area is 130 Å². The topological polar surface area (TPSA) is 79.3 Å². The maximum absolute atomic E-state index is 11.9. The Morgan fingerprint density at radius 3 is 2.86 bits per heavy atom. The summed E-state index contributed by atoms with van der Waals surface area (Å²) in [5.74, 6) is -1.16. The van der Waals surface area contributed by atoms with Crippen molar-refractivity contribution < 1.29 is 14.7 Å². The molecule has 2 rings (SSSR count). The number of thiophene rings is 1. The molecule has 0 aliphatic heterocycles. The molecular formula is C14H14N2O3S2. The summed E-state index contributed by atoms with van der Waals surface area (Å²) < 4.78 is 0. The van der Waals surface area contributed by atoms with Gasteiger partial charge in [0.05, 0.1) is 10.6 Å². The van der Waals surface area contributed by atoms with Crippen LogP contribution in [0.15, 0.2) is 22.9 Å². The van der Waals surface area contributed by atoms with Crippen molar-refractivity contribution in [3.63, 3.8) is 0 Å². The van der Waals surface area contributed by atoms with Gasteiger partial charge in [-0.3, -0.25) is 4.79 Å². The standard InChI is InChI=1S/C14H14N2O3S2/c1-9-7-21-12(16-9)4-5-15-14(19)10-6-11(20-8-10)2-3-13(17)18/h2-3,6-8H,4-5H2,1H3,(H,15,19)(H,17,18). The number of rotatable bonds is 6. The molecule has 21 heavy (non-hydrogen) atoms. The van der Waals surface area contributed by atoms with Gasteiger partial charge in [-0.25, -0.2) is 9.78 Å². The van der Waals surface area contributed by atoms with Gasteiger partial charge in [-0.05, 0) is 19.1 Å². The molecule has 2 heterocycles. The number of hydrogen-bond acceptors (Lipinski definition) is 5. The number of aromatic nitrogens is 1. The summed E-state index contributed by atoms with van der Waals surface area (Å²) in [4.78, 5) is 27.4. The van der Waals surface area contributed by atoms with Crippen molar-refractivity contribution in [3.05, 3.63) is 44.0 Å². The Morgan fingerprint density at radius 1 is 1.38 bits per heavy atom. The number of nitrogens with one attached hydrogen (secondary N) is 1. The van der Waals surface area contributed by atoms with E-state index in [0.717, 1.165) is 21.7 Å². The maximum Gasteiger partial charge on any atom is 0.328 e. The lowest BCUT2D eigenvalue weighted by Crippen LogP contribution is -2.25. The normalized spacial score (nSPS) is 10.9. The quantitative estimate of drug-likeness (QED) is 0.801. The minimum atomic E-state index is -1.01. The van der Waals surface area contributed by atoms with Gasteiger partial charge in [-0.15, -0.1) is 22.7 Å². The minimum absolute atomic E-state index is 0.158. The van der Waals surface area contributed by atoms with Crippen molar-refractivity contribution in [2.75, 3.05) is 6.54 Å². The summed E-state index contributed by atoms with van der Waals surface area (Å²) in [6.45, 7) is 2.47. The Morgan fingerprint density at radius 2 is 2.19 bits per heavy atom. The van der Waals surface area contributed by atoms with Gasteiger partial charge in [-0.1, -0.05) is 0 Å². The van der Waals surface area contributed by atoms with Crippen LogP contribution >= 0.6 is 22.7 Å². The van der Waals surface area contributed by atoms with Crippen LogP contribution in [0.4, 0.5) is 0 Å². The molecule has 7 heteroatoms. The molecule has 0 aliphatic rings. The smallest absolute Gasteiger partial charge is 0.328 e. The van der Waals surface area contributed by atoms with E-state index in [0.29, 0.717) is 18.5 Å². The number of aryl methyl sites for hydroxylation is 1. The molecule has 2 N–H and O–H groups in total. The van der Waals surface area contributed by atoms with E-state index >= 15 is 0 Å². The van der Waals surface area contributed by atoms with Crippen LogP contribution in [0.2, 0.25) is 0 Å². The molecule has 0 spiro atoms. The SMILES string of the molecule is Cc1csc(CCNC(=O)c2csc(C=CC(=O)O)c2)n1. The number of carboxylic acids is 1. The van der Waals surface area contributed by atoms with Gasteiger partial charge in [0.25, 0.3) is 5.91 Å². The number of carboxylic acid groups (broad SMARTS) is 1. The zero-order chi connectivity index (χ0) is 15.2. The average molecular weight is 322 g/mol. The molecule has 5 nitrogen and oxygen atoms in total. The summed E-state index contributed by atoms with van der Waals surface area (Å²) in [7, 11) is 0.